The van der Waals surface area contributed by atoms with Gasteiger partial charge in [0, 0.05) is 9.86 Å². The monoisotopic (exact) mass is 295 g/mol. The molecular formula is C10H8BrN4S+. The van der Waals surface area contributed by atoms with E-state index in [0.717, 1.165) is 31.7 Å². The molecule has 4 nitrogen and oxygen atoms in total. The summed E-state index contributed by atoms with van der Waals surface area (Å²) in [7, 11) is 0. The number of rotatable bonds is 1. The van der Waals surface area contributed by atoms with E-state index < -0.39 is 0 Å². The van der Waals surface area contributed by atoms with Crippen LogP contribution in [0, 0.1) is 0 Å². The van der Waals surface area contributed by atoms with Gasteiger partial charge in [0.1, 0.15) is 0 Å². The van der Waals surface area contributed by atoms with Crippen molar-refractivity contribution in [2.24, 2.45) is 0 Å². The first-order valence-corrected chi connectivity index (χ1v) is 6.70. The zero-order chi connectivity index (χ0) is 11.1. The van der Waals surface area contributed by atoms with Crippen molar-refractivity contribution in [3.8, 4) is 0 Å². The zero-order valence-electron chi connectivity index (χ0n) is 8.41. The highest BCUT2D eigenvalue weighted by atomic mass is 79.9. The standard InChI is InChI=1S/C10H7BrN4S/c1-16-10-13-8-6-3-2-5(11)4-7(6)12-9(8)14-15-10/h2-4H,1H3,(H,12,14)/p+1. The van der Waals surface area contributed by atoms with Crippen LogP contribution in [0.25, 0.3) is 22.1 Å². The molecule has 0 saturated heterocycles. The third kappa shape index (κ3) is 1.49. The molecule has 3 aromatic rings. The first kappa shape index (κ1) is 10.0. The van der Waals surface area contributed by atoms with Gasteiger partial charge in [0.2, 0.25) is 5.65 Å². The topological polar surface area (TPSA) is 55.7 Å². The Kier molecular flexibility index (Phi) is 2.33. The maximum Gasteiger partial charge on any atom is 0.384 e. The normalized spacial score (nSPS) is 11.4. The van der Waals surface area contributed by atoms with Gasteiger partial charge in [-0.25, -0.2) is 4.98 Å². The molecule has 6 heteroatoms. The highest BCUT2D eigenvalue weighted by molar-refractivity contribution is 9.10. The molecule has 0 radical (unpaired) electrons. The van der Waals surface area contributed by atoms with Crippen LogP contribution < -0.4 is 4.98 Å². The van der Waals surface area contributed by atoms with E-state index in [1.807, 2.05) is 18.4 Å². The molecule has 0 aliphatic carbocycles. The first-order chi connectivity index (χ1) is 7.78. The van der Waals surface area contributed by atoms with Crippen molar-refractivity contribution in [1.29, 1.82) is 0 Å². The fourth-order valence-corrected chi connectivity index (χ4v) is 2.36. The number of nitrogens with one attached hydrogen (secondary N) is 2. The largest absolute Gasteiger partial charge is 0.384 e. The number of fused-ring (bicyclic) bond motifs is 3. The van der Waals surface area contributed by atoms with Crippen LogP contribution >= 0.6 is 27.7 Å². The van der Waals surface area contributed by atoms with E-state index in [1.165, 1.54) is 0 Å². The fraction of sp³-hybridized carbons (Fsp3) is 0.100. The summed E-state index contributed by atoms with van der Waals surface area (Å²) in [5.41, 5.74) is 2.83. The maximum atomic E-state index is 4.15. The van der Waals surface area contributed by atoms with Gasteiger partial charge < -0.3 is 4.98 Å². The van der Waals surface area contributed by atoms with Crippen molar-refractivity contribution in [3.63, 3.8) is 0 Å². The number of nitrogens with zero attached hydrogens (tertiary/aromatic N) is 2. The number of H-pyrrole nitrogens is 2. The van der Waals surface area contributed by atoms with Crippen LogP contribution in [0.5, 0.6) is 0 Å². The van der Waals surface area contributed by atoms with E-state index in [0.29, 0.717) is 0 Å². The highest BCUT2D eigenvalue weighted by Gasteiger charge is 2.13. The van der Waals surface area contributed by atoms with Crippen LogP contribution in [-0.2, 0) is 0 Å². The summed E-state index contributed by atoms with van der Waals surface area (Å²) in [6.07, 6.45) is 1.97. The fourth-order valence-electron chi connectivity index (χ4n) is 1.68. The van der Waals surface area contributed by atoms with Crippen molar-refractivity contribution in [2.75, 3.05) is 6.26 Å². The van der Waals surface area contributed by atoms with Crippen LogP contribution in [0.2, 0.25) is 0 Å². The lowest BCUT2D eigenvalue weighted by Gasteiger charge is -1.89. The highest BCUT2D eigenvalue weighted by Crippen LogP contribution is 2.24. The van der Waals surface area contributed by atoms with Gasteiger partial charge in [-0.1, -0.05) is 15.9 Å². The SMILES string of the molecule is CSc1nnc2[nH]c3cc(Br)ccc3c2[nH+]1. The van der Waals surface area contributed by atoms with Gasteiger partial charge in [-0.3, -0.25) is 0 Å². The second kappa shape index (κ2) is 3.71. The van der Waals surface area contributed by atoms with Crippen LogP contribution in [0.1, 0.15) is 0 Å². The lowest BCUT2D eigenvalue weighted by atomic mass is 10.2. The molecule has 16 heavy (non-hydrogen) atoms. The van der Waals surface area contributed by atoms with E-state index in [-0.39, 0.29) is 0 Å². The summed E-state index contributed by atoms with van der Waals surface area (Å²) >= 11 is 4.99. The molecular weight excluding hydrogens is 288 g/mol. The van der Waals surface area contributed by atoms with Crippen molar-refractivity contribution < 1.29 is 4.98 Å². The first-order valence-electron chi connectivity index (χ1n) is 4.69. The third-order valence-electron chi connectivity index (χ3n) is 2.41. The average Bonchev–Trinajstić information content (AvgIpc) is 2.65. The second-order valence-electron chi connectivity index (χ2n) is 3.37. The summed E-state index contributed by atoms with van der Waals surface area (Å²) in [6.45, 7) is 0. The van der Waals surface area contributed by atoms with Crippen molar-refractivity contribution in [2.45, 2.75) is 5.16 Å². The van der Waals surface area contributed by atoms with Crippen LogP contribution in [0.15, 0.2) is 27.8 Å². The Morgan fingerprint density at radius 1 is 1.38 bits per heavy atom. The van der Waals surface area contributed by atoms with Gasteiger partial charge in [0.05, 0.1) is 10.6 Å². The number of hydrogen-bond acceptors (Lipinski definition) is 3. The molecule has 2 N–H and O–H groups in total. The number of aromatic nitrogens is 4. The minimum Gasteiger partial charge on any atom is -0.333 e. The number of hydrogen-bond donors (Lipinski definition) is 1. The van der Waals surface area contributed by atoms with E-state index in [4.69, 9.17) is 0 Å². The molecule has 0 spiro atoms. The Balaban J connectivity index is 2.42. The molecule has 0 aliphatic heterocycles. The average molecular weight is 296 g/mol. The molecule has 0 bridgehead atoms. The molecule has 0 saturated carbocycles. The molecule has 80 valence electrons. The van der Waals surface area contributed by atoms with Crippen molar-refractivity contribution in [1.82, 2.24) is 15.2 Å². The Bertz CT molecular complexity index is 679. The van der Waals surface area contributed by atoms with Gasteiger partial charge >= 0.3 is 5.16 Å². The molecule has 3 rings (SSSR count). The quantitative estimate of drug-likeness (QED) is 0.702. The van der Waals surface area contributed by atoms with Crippen molar-refractivity contribution >= 4 is 49.8 Å². The maximum absolute atomic E-state index is 4.15. The second-order valence-corrected chi connectivity index (χ2v) is 5.08. The molecule has 0 unspecified atom stereocenters. The van der Waals surface area contributed by atoms with Crippen LogP contribution in [0.4, 0.5) is 0 Å². The lowest BCUT2D eigenvalue weighted by molar-refractivity contribution is -0.402. The Morgan fingerprint density at radius 2 is 2.25 bits per heavy atom. The van der Waals surface area contributed by atoms with Gasteiger partial charge in [-0.05, 0) is 41.3 Å². The van der Waals surface area contributed by atoms with Crippen molar-refractivity contribution in [3.05, 3.63) is 22.7 Å². The third-order valence-corrected chi connectivity index (χ3v) is 3.47. The molecule has 1 aromatic carbocycles. The number of aromatic amines is 2. The molecule has 0 amide bonds. The molecule has 0 fully saturated rings. The minimum absolute atomic E-state index is 0.783. The zero-order valence-corrected chi connectivity index (χ0v) is 10.8. The Hall–Kier alpha value is -1.14. The van der Waals surface area contributed by atoms with Gasteiger partial charge in [0.25, 0.3) is 0 Å². The van der Waals surface area contributed by atoms with E-state index in [1.54, 1.807) is 11.8 Å². The lowest BCUT2D eigenvalue weighted by Crippen LogP contribution is -2.10. The molecule has 0 aliphatic rings. The smallest absolute Gasteiger partial charge is 0.333 e. The summed E-state index contributed by atoms with van der Waals surface area (Å²) in [5, 5.41) is 10.1. The minimum atomic E-state index is 0.783. The molecule has 2 heterocycles. The Morgan fingerprint density at radius 3 is 3.06 bits per heavy atom. The molecule has 0 atom stereocenters. The Labute approximate surface area is 104 Å². The van der Waals surface area contributed by atoms with Gasteiger partial charge in [-0.15, -0.1) is 0 Å². The predicted molar refractivity (Wildman–Crippen MR) is 67.4 cm³/mol. The number of thioether (sulfide) groups is 1. The van der Waals surface area contributed by atoms with Gasteiger partial charge in [0.15, 0.2) is 5.52 Å². The van der Waals surface area contributed by atoms with E-state index >= 15 is 0 Å². The summed E-state index contributed by atoms with van der Waals surface area (Å²) in [5.74, 6) is 0. The van der Waals surface area contributed by atoms with Crippen LogP contribution in [-0.4, -0.2) is 21.4 Å². The molecule has 2 aromatic heterocycles. The van der Waals surface area contributed by atoms with E-state index in [2.05, 4.69) is 42.2 Å². The summed E-state index contributed by atoms with van der Waals surface area (Å²) in [4.78, 5) is 6.49. The number of halogens is 1. The number of benzene rings is 1. The predicted octanol–water partition coefficient (Wildman–Crippen LogP) is 2.41. The van der Waals surface area contributed by atoms with E-state index in [9.17, 15) is 0 Å². The summed E-state index contributed by atoms with van der Waals surface area (Å²) < 4.78 is 1.05. The summed E-state index contributed by atoms with van der Waals surface area (Å²) in [6, 6.07) is 6.10. The van der Waals surface area contributed by atoms with Gasteiger partial charge in [-0.2, -0.15) is 0 Å². The van der Waals surface area contributed by atoms with Crippen LogP contribution in [0.3, 0.4) is 0 Å².